The van der Waals surface area contributed by atoms with Crippen molar-refractivity contribution in [3.05, 3.63) is 59.2 Å². The van der Waals surface area contributed by atoms with Gasteiger partial charge in [0.15, 0.2) is 6.23 Å². The highest BCUT2D eigenvalue weighted by Crippen LogP contribution is 2.48. The fraction of sp³-hybridized carbons (Fsp3) is 0.231. The molecule has 0 saturated carbocycles. The molecular formula is C26H17F2N3O6. The first-order valence-corrected chi connectivity index (χ1v) is 11.7. The maximum Gasteiger partial charge on any atom is 0.259 e. The first kappa shape index (κ1) is 21.2. The number of carbonyl (C=O) groups excluding carboxylic acids is 2. The van der Waals surface area contributed by atoms with Crippen molar-refractivity contribution in [2.45, 2.75) is 37.2 Å². The number of carbonyl (C=O) groups is 2. The molecule has 37 heavy (non-hydrogen) atoms. The van der Waals surface area contributed by atoms with Gasteiger partial charge in [-0.2, -0.15) is 0 Å². The van der Waals surface area contributed by atoms with Crippen molar-refractivity contribution in [2.75, 3.05) is 0 Å². The number of benzene rings is 3. The number of rotatable bonds is 0. The van der Waals surface area contributed by atoms with Crippen molar-refractivity contribution in [3.8, 4) is 0 Å². The van der Waals surface area contributed by atoms with E-state index in [4.69, 9.17) is 4.74 Å². The van der Waals surface area contributed by atoms with E-state index in [-0.39, 0.29) is 23.1 Å². The van der Waals surface area contributed by atoms with Crippen LogP contribution in [0.4, 0.5) is 8.78 Å². The van der Waals surface area contributed by atoms with E-state index < -0.39 is 54.1 Å². The molecule has 11 heteroatoms. The average molecular weight is 505 g/mol. The highest BCUT2D eigenvalue weighted by atomic mass is 19.1. The van der Waals surface area contributed by atoms with Gasteiger partial charge in [0, 0.05) is 27.1 Å². The van der Waals surface area contributed by atoms with Crippen LogP contribution >= 0.6 is 0 Å². The van der Waals surface area contributed by atoms with Gasteiger partial charge in [-0.15, -0.1) is 0 Å². The van der Waals surface area contributed by atoms with Crippen LogP contribution in [0.2, 0.25) is 0 Å². The van der Waals surface area contributed by atoms with Crippen LogP contribution < -0.4 is 5.32 Å². The summed E-state index contributed by atoms with van der Waals surface area (Å²) in [6.07, 6.45) is -6.78. The van der Waals surface area contributed by atoms with Gasteiger partial charge >= 0.3 is 0 Å². The van der Waals surface area contributed by atoms with E-state index in [0.717, 1.165) is 0 Å². The highest BCUT2D eigenvalue weighted by Gasteiger charge is 2.48. The zero-order valence-electron chi connectivity index (χ0n) is 18.8. The number of nitrogens with zero attached hydrogens (tertiary/aromatic N) is 2. The molecule has 4 N–H and O–H groups in total. The van der Waals surface area contributed by atoms with Gasteiger partial charge in [-0.25, -0.2) is 8.78 Å². The van der Waals surface area contributed by atoms with E-state index in [1.165, 1.54) is 36.4 Å². The highest BCUT2D eigenvalue weighted by molar-refractivity contribution is 6.39. The zero-order valence-corrected chi connectivity index (χ0v) is 18.8. The molecule has 0 aliphatic carbocycles. The molecule has 0 spiro atoms. The molecule has 0 radical (unpaired) electrons. The minimum atomic E-state index is -1.57. The lowest BCUT2D eigenvalue weighted by Gasteiger charge is -2.43. The molecule has 5 atom stereocenters. The van der Waals surface area contributed by atoms with Crippen molar-refractivity contribution >= 4 is 55.4 Å². The molecule has 2 amide bonds. The monoisotopic (exact) mass is 505 g/mol. The fourth-order valence-electron chi connectivity index (χ4n) is 6.46. The third kappa shape index (κ3) is 2.40. The molecule has 1 fully saturated rings. The van der Waals surface area contributed by atoms with Gasteiger partial charge in [0.25, 0.3) is 11.8 Å². The summed E-state index contributed by atoms with van der Waals surface area (Å²) in [6, 6.07) is 7.98. The summed E-state index contributed by atoms with van der Waals surface area (Å²) < 4.78 is 38.6. The molecule has 5 heterocycles. The van der Waals surface area contributed by atoms with Crippen molar-refractivity contribution in [3.63, 3.8) is 0 Å². The number of hydrogen-bond acceptors (Lipinski definition) is 6. The van der Waals surface area contributed by atoms with Crippen LogP contribution in [0.3, 0.4) is 0 Å². The van der Waals surface area contributed by atoms with Crippen molar-refractivity contribution in [1.82, 2.24) is 14.5 Å². The van der Waals surface area contributed by atoms with Gasteiger partial charge in [0.1, 0.15) is 36.1 Å². The molecule has 5 unspecified atom stereocenters. The quantitative estimate of drug-likeness (QED) is 0.239. The predicted octanol–water partition coefficient (Wildman–Crippen LogP) is 2.06. The van der Waals surface area contributed by atoms with Crippen molar-refractivity contribution < 1.29 is 38.4 Å². The van der Waals surface area contributed by atoms with Crippen LogP contribution in [0, 0.1) is 11.6 Å². The SMILES string of the molecule is O=C1NC(=O)c2c1c1c3cc(F)ccc3n3c1c1c2c2cc(F)ccc2n1C1OC(C3)C(O)C(O)C1O. The third-order valence-corrected chi connectivity index (χ3v) is 7.95. The number of ether oxygens (including phenoxy) is 1. The Kier molecular flexibility index (Phi) is 3.84. The Hall–Kier alpha value is -3.90. The summed E-state index contributed by atoms with van der Waals surface area (Å²) >= 11 is 0. The van der Waals surface area contributed by atoms with Gasteiger partial charge in [0.05, 0.1) is 34.2 Å². The fourth-order valence-corrected chi connectivity index (χ4v) is 6.46. The lowest BCUT2D eigenvalue weighted by Crippen LogP contribution is -2.56. The number of amides is 2. The normalized spacial score (nSPS) is 26.9. The Bertz CT molecular complexity index is 1910. The Morgan fingerprint density at radius 1 is 0.811 bits per heavy atom. The molecule has 8 rings (SSSR count). The summed E-state index contributed by atoms with van der Waals surface area (Å²) in [5.41, 5.74) is 1.78. The van der Waals surface area contributed by atoms with Crippen LogP contribution in [0.15, 0.2) is 36.4 Å². The van der Waals surface area contributed by atoms with E-state index in [2.05, 4.69) is 5.32 Å². The van der Waals surface area contributed by atoms with Crippen molar-refractivity contribution in [1.29, 1.82) is 0 Å². The summed E-state index contributed by atoms with van der Waals surface area (Å²) in [5.74, 6) is -2.47. The Morgan fingerprint density at radius 2 is 1.41 bits per heavy atom. The molecule has 2 aromatic heterocycles. The average Bonchev–Trinajstić information content (AvgIpc) is 3.45. The maximum atomic E-state index is 14.6. The second-order valence-electron chi connectivity index (χ2n) is 9.82. The van der Waals surface area contributed by atoms with Crippen LogP contribution in [0.1, 0.15) is 26.9 Å². The summed E-state index contributed by atoms with van der Waals surface area (Å²) in [5, 5.41) is 36.1. The molecule has 3 aromatic carbocycles. The molecular weight excluding hydrogens is 488 g/mol. The van der Waals surface area contributed by atoms with Gasteiger partial charge in [-0.1, -0.05) is 0 Å². The predicted molar refractivity (Wildman–Crippen MR) is 126 cm³/mol. The first-order valence-electron chi connectivity index (χ1n) is 11.7. The van der Waals surface area contributed by atoms with Gasteiger partial charge < -0.3 is 29.2 Å². The van der Waals surface area contributed by atoms with Crippen LogP contribution in [0.5, 0.6) is 0 Å². The van der Waals surface area contributed by atoms with Crippen molar-refractivity contribution in [2.24, 2.45) is 0 Å². The largest absolute Gasteiger partial charge is 0.388 e. The molecule has 186 valence electrons. The summed E-state index contributed by atoms with van der Waals surface area (Å²) in [6.45, 7) is -0.00752. The first-order chi connectivity index (χ1) is 17.8. The summed E-state index contributed by atoms with van der Waals surface area (Å²) in [7, 11) is 0. The minimum absolute atomic E-state index is 0.00752. The van der Waals surface area contributed by atoms with E-state index in [1.54, 1.807) is 9.13 Å². The number of nitrogens with one attached hydrogen (secondary N) is 1. The second-order valence-corrected chi connectivity index (χ2v) is 9.82. The third-order valence-electron chi connectivity index (χ3n) is 7.95. The number of aliphatic hydroxyl groups is 3. The minimum Gasteiger partial charge on any atom is -0.388 e. The van der Waals surface area contributed by atoms with Gasteiger partial charge in [-0.3, -0.25) is 14.9 Å². The van der Waals surface area contributed by atoms with E-state index in [1.807, 2.05) is 0 Å². The topological polar surface area (TPSA) is 126 Å². The lowest BCUT2D eigenvalue weighted by atomic mass is 9.95. The number of imide groups is 1. The van der Waals surface area contributed by atoms with E-state index in [9.17, 15) is 33.7 Å². The number of aromatic nitrogens is 2. The van der Waals surface area contributed by atoms with E-state index in [0.29, 0.717) is 38.2 Å². The number of aliphatic hydroxyl groups excluding tert-OH is 3. The smallest absolute Gasteiger partial charge is 0.259 e. The van der Waals surface area contributed by atoms with Gasteiger partial charge in [0.2, 0.25) is 0 Å². The summed E-state index contributed by atoms with van der Waals surface area (Å²) in [4.78, 5) is 26.3. The molecule has 5 aromatic rings. The van der Waals surface area contributed by atoms with Gasteiger partial charge in [-0.05, 0) is 36.4 Å². The number of fused-ring (bicyclic) bond motifs is 12. The molecule has 1 saturated heterocycles. The lowest BCUT2D eigenvalue weighted by molar-refractivity contribution is -0.245. The van der Waals surface area contributed by atoms with Crippen LogP contribution in [-0.2, 0) is 11.3 Å². The number of halogens is 2. The maximum absolute atomic E-state index is 14.6. The molecule has 3 aliphatic heterocycles. The van der Waals surface area contributed by atoms with E-state index >= 15 is 0 Å². The molecule has 3 aliphatic rings. The molecule has 2 bridgehead atoms. The standard InChI is InChI=1S/C26H17F2N3O6/c27-8-1-3-12-10(5-8)15-17-18(25(36)29-24(17)35)16-11-6-9(28)2-4-13(11)31-20(16)19(15)30(12)7-14-21(32)22(33)23(34)26(31)37-14/h1-6,14,21-23,26,32-34H,7H2,(H,29,35,36). The Morgan fingerprint density at radius 3 is 2.08 bits per heavy atom. The Balaban J connectivity index is 1.73. The second kappa shape index (κ2) is 6.69. The number of hydrogen-bond donors (Lipinski definition) is 4. The van der Waals surface area contributed by atoms with Crippen LogP contribution in [0.25, 0.3) is 43.6 Å². The molecule has 9 nitrogen and oxygen atoms in total. The van der Waals surface area contributed by atoms with Crippen LogP contribution in [-0.4, -0.2) is 60.7 Å². The Labute approximate surface area is 205 Å². The zero-order chi connectivity index (χ0) is 25.5.